The Morgan fingerprint density at radius 2 is 1.85 bits per heavy atom. The number of benzene rings is 1. The first-order valence-corrected chi connectivity index (χ1v) is 12.9. The average molecular weight is 462 g/mol. The SMILES string of the molecule is Cc1sc2nc(CN3CCOCC3)nc(N3CCC(c4cc5ccccc5[nH]4)CC3)c2c1C. The van der Waals surface area contributed by atoms with Crippen LogP contribution in [0.2, 0.25) is 0 Å². The molecule has 2 aliphatic heterocycles. The minimum Gasteiger partial charge on any atom is -0.379 e. The lowest BCUT2D eigenvalue weighted by atomic mass is 9.93. The molecule has 2 fully saturated rings. The molecule has 5 heterocycles. The molecule has 0 aliphatic carbocycles. The summed E-state index contributed by atoms with van der Waals surface area (Å²) in [4.78, 5) is 21.2. The van der Waals surface area contributed by atoms with Crippen molar-refractivity contribution in [1.82, 2.24) is 19.9 Å². The number of aryl methyl sites for hydroxylation is 2. The molecule has 1 aromatic carbocycles. The minimum absolute atomic E-state index is 0.573. The number of anilines is 1. The van der Waals surface area contributed by atoms with Crippen LogP contribution in [-0.4, -0.2) is 59.2 Å². The maximum absolute atomic E-state index is 5.52. The first-order valence-electron chi connectivity index (χ1n) is 12.0. The Morgan fingerprint density at radius 1 is 1.06 bits per heavy atom. The van der Waals surface area contributed by atoms with Crippen molar-refractivity contribution in [1.29, 1.82) is 0 Å². The molecule has 0 saturated carbocycles. The highest BCUT2D eigenvalue weighted by Gasteiger charge is 2.26. The van der Waals surface area contributed by atoms with Gasteiger partial charge >= 0.3 is 0 Å². The third-order valence-electron chi connectivity index (χ3n) is 7.31. The fraction of sp³-hybridized carbons (Fsp3) is 0.462. The average Bonchev–Trinajstić information content (AvgIpc) is 3.40. The first kappa shape index (κ1) is 21.1. The maximum Gasteiger partial charge on any atom is 0.146 e. The maximum atomic E-state index is 5.52. The number of para-hydroxylation sites is 1. The lowest BCUT2D eigenvalue weighted by Crippen LogP contribution is -2.37. The molecule has 172 valence electrons. The summed E-state index contributed by atoms with van der Waals surface area (Å²) in [6.07, 6.45) is 2.28. The summed E-state index contributed by atoms with van der Waals surface area (Å²) < 4.78 is 5.52. The van der Waals surface area contributed by atoms with E-state index in [1.54, 1.807) is 11.3 Å². The molecule has 0 radical (unpaired) electrons. The molecular weight excluding hydrogens is 430 g/mol. The molecule has 1 N–H and O–H groups in total. The zero-order valence-corrected chi connectivity index (χ0v) is 20.2. The molecule has 6 nitrogen and oxygen atoms in total. The predicted octanol–water partition coefficient (Wildman–Crippen LogP) is 5.01. The second-order valence-electron chi connectivity index (χ2n) is 9.39. The van der Waals surface area contributed by atoms with Crippen LogP contribution in [0.4, 0.5) is 5.82 Å². The van der Waals surface area contributed by atoms with Crippen LogP contribution in [0.1, 0.15) is 40.7 Å². The van der Waals surface area contributed by atoms with E-state index in [0.717, 1.165) is 75.3 Å². The van der Waals surface area contributed by atoms with E-state index in [9.17, 15) is 0 Å². The Kier molecular flexibility index (Phi) is 5.56. The number of nitrogens with zero attached hydrogens (tertiary/aromatic N) is 4. The number of morpholine rings is 1. The van der Waals surface area contributed by atoms with Gasteiger partial charge in [0, 0.05) is 48.2 Å². The van der Waals surface area contributed by atoms with Crippen LogP contribution in [0, 0.1) is 13.8 Å². The highest BCUT2D eigenvalue weighted by Crippen LogP contribution is 2.38. The Bertz CT molecular complexity index is 1250. The molecule has 33 heavy (non-hydrogen) atoms. The quantitative estimate of drug-likeness (QED) is 0.463. The van der Waals surface area contributed by atoms with Crippen molar-refractivity contribution < 1.29 is 4.74 Å². The minimum atomic E-state index is 0.573. The molecule has 0 unspecified atom stereocenters. The molecule has 7 heteroatoms. The molecule has 4 aromatic rings. The van der Waals surface area contributed by atoms with Gasteiger partial charge in [0.1, 0.15) is 16.5 Å². The van der Waals surface area contributed by atoms with Gasteiger partial charge in [0.2, 0.25) is 0 Å². The summed E-state index contributed by atoms with van der Waals surface area (Å²) >= 11 is 1.81. The van der Waals surface area contributed by atoms with Gasteiger partial charge in [0.15, 0.2) is 0 Å². The number of aromatic amines is 1. The Morgan fingerprint density at radius 3 is 2.64 bits per heavy atom. The lowest BCUT2D eigenvalue weighted by molar-refractivity contribution is 0.0331. The van der Waals surface area contributed by atoms with Gasteiger partial charge in [-0.15, -0.1) is 11.3 Å². The van der Waals surface area contributed by atoms with Crippen molar-refractivity contribution in [2.24, 2.45) is 0 Å². The van der Waals surface area contributed by atoms with Crippen LogP contribution < -0.4 is 4.90 Å². The monoisotopic (exact) mass is 461 g/mol. The zero-order valence-electron chi connectivity index (χ0n) is 19.4. The summed E-state index contributed by atoms with van der Waals surface area (Å²) in [5, 5.41) is 2.57. The first-order chi connectivity index (χ1) is 16.2. The van der Waals surface area contributed by atoms with Crippen molar-refractivity contribution >= 4 is 38.3 Å². The fourth-order valence-electron chi connectivity index (χ4n) is 5.25. The topological polar surface area (TPSA) is 57.3 Å². The second kappa shape index (κ2) is 8.70. The number of piperidine rings is 1. The number of thiophene rings is 1. The van der Waals surface area contributed by atoms with E-state index in [1.165, 1.54) is 32.4 Å². The van der Waals surface area contributed by atoms with Crippen molar-refractivity contribution in [2.75, 3.05) is 44.3 Å². The van der Waals surface area contributed by atoms with E-state index in [2.05, 4.69) is 59.0 Å². The largest absolute Gasteiger partial charge is 0.379 e. The molecule has 0 atom stereocenters. The molecule has 0 bridgehead atoms. The number of H-pyrrole nitrogens is 1. The summed E-state index contributed by atoms with van der Waals surface area (Å²) in [7, 11) is 0. The molecule has 0 spiro atoms. The van der Waals surface area contributed by atoms with Crippen LogP contribution in [0.3, 0.4) is 0 Å². The van der Waals surface area contributed by atoms with Gasteiger partial charge in [0.05, 0.1) is 25.1 Å². The number of hydrogen-bond donors (Lipinski definition) is 1. The number of hydrogen-bond acceptors (Lipinski definition) is 6. The van der Waals surface area contributed by atoms with Crippen LogP contribution in [0.25, 0.3) is 21.1 Å². The van der Waals surface area contributed by atoms with Crippen molar-refractivity contribution in [2.45, 2.75) is 39.2 Å². The molecule has 0 amide bonds. The Balaban J connectivity index is 1.27. The van der Waals surface area contributed by atoms with Crippen molar-refractivity contribution in [3.63, 3.8) is 0 Å². The molecular formula is C26H31N5OS. The van der Waals surface area contributed by atoms with Gasteiger partial charge in [-0.2, -0.15) is 0 Å². The normalized spacial score (nSPS) is 18.5. The molecule has 3 aromatic heterocycles. The van der Waals surface area contributed by atoms with Gasteiger partial charge in [-0.25, -0.2) is 9.97 Å². The third kappa shape index (κ3) is 4.03. The third-order valence-corrected chi connectivity index (χ3v) is 8.41. The van der Waals surface area contributed by atoms with Gasteiger partial charge in [-0.05, 0) is 49.8 Å². The number of ether oxygens (including phenoxy) is 1. The van der Waals surface area contributed by atoms with E-state index < -0.39 is 0 Å². The van der Waals surface area contributed by atoms with Crippen LogP contribution >= 0.6 is 11.3 Å². The van der Waals surface area contributed by atoms with Gasteiger partial charge in [-0.3, -0.25) is 4.90 Å². The molecule has 2 aliphatic rings. The number of fused-ring (bicyclic) bond motifs is 2. The molecule has 6 rings (SSSR count). The number of aromatic nitrogens is 3. The highest BCUT2D eigenvalue weighted by molar-refractivity contribution is 7.18. The van der Waals surface area contributed by atoms with E-state index in [0.29, 0.717) is 5.92 Å². The fourth-order valence-corrected chi connectivity index (χ4v) is 6.29. The van der Waals surface area contributed by atoms with Gasteiger partial charge in [0.25, 0.3) is 0 Å². The van der Waals surface area contributed by atoms with E-state index in [1.807, 2.05) is 0 Å². The second-order valence-corrected chi connectivity index (χ2v) is 10.6. The molecule has 2 saturated heterocycles. The smallest absolute Gasteiger partial charge is 0.146 e. The van der Waals surface area contributed by atoms with Crippen LogP contribution in [0.5, 0.6) is 0 Å². The summed E-state index contributed by atoms with van der Waals surface area (Å²) in [5.41, 5.74) is 3.95. The zero-order chi connectivity index (χ0) is 22.4. The summed E-state index contributed by atoms with van der Waals surface area (Å²) in [5.74, 6) is 2.66. The standard InChI is InChI=1S/C26H31N5OS/c1-17-18(2)33-26-24(17)25(28-23(29-26)16-30-11-13-32-14-12-30)31-9-7-19(8-10-31)22-15-20-5-3-4-6-21(20)27-22/h3-6,15,19,27H,7-14,16H2,1-2H3. The Labute approximate surface area is 198 Å². The van der Waals surface area contributed by atoms with Crippen molar-refractivity contribution in [3.05, 3.63) is 52.3 Å². The predicted molar refractivity (Wildman–Crippen MR) is 135 cm³/mol. The van der Waals surface area contributed by atoms with Gasteiger partial charge < -0.3 is 14.6 Å². The van der Waals surface area contributed by atoms with Crippen molar-refractivity contribution in [3.8, 4) is 0 Å². The summed E-state index contributed by atoms with van der Waals surface area (Å²) in [6, 6.07) is 10.9. The van der Waals surface area contributed by atoms with E-state index >= 15 is 0 Å². The number of rotatable bonds is 4. The van der Waals surface area contributed by atoms with E-state index in [-0.39, 0.29) is 0 Å². The van der Waals surface area contributed by atoms with Crippen LogP contribution in [0.15, 0.2) is 30.3 Å². The highest BCUT2D eigenvalue weighted by atomic mass is 32.1. The van der Waals surface area contributed by atoms with E-state index in [4.69, 9.17) is 14.7 Å². The van der Waals surface area contributed by atoms with Gasteiger partial charge in [-0.1, -0.05) is 18.2 Å². The Hall–Kier alpha value is -2.48. The summed E-state index contributed by atoms with van der Waals surface area (Å²) in [6.45, 7) is 10.8. The lowest BCUT2D eigenvalue weighted by Gasteiger charge is -2.33. The number of nitrogens with one attached hydrogen (secondary N) is 1. The van der Waals surface area contributed by atoms with Crippen LogP contribution in [-0.2, 0) is 11.3 Å².